The molecule has 2 aromatic carbocycles. The van der Waals surface area contributed by atoms with E-state index in [1.165, 1.54) is 11.3 Å². The molecule has 0 unspecified atom stereocenters. The summed E-state index contributed by atoms with van der Waals surface area (Å²) in [7, 11) is 0. The first kappa shape index (κ1) is 16.8. The van der Waals surface area contributed by atoms with Crippen LogP contribution in [0.5, 0.6) is 0 Å². The smallest absolute Gasteiger partial charge is 0.321 e. The summed E-state index contributed by atoms with van der Waals surface area (Å²) in [5.74, 6) is 0. The van der Waals surface area contributed by atoms with E-state index in [4.69, 9.17) is 23.2 Å². The molecule has 122 valence electrons. The van der Waals surface area contributed by atoms with E-state index in [0.717, 1.165) is 11.1 Å². The SMILES string of the molecule is O=C(NCc1ccccc1)Nc1nc(-c2cc(Cl)ccc2Cl)cs1. The number of thiazole rings is 1. The van der Waals surface area contributed by atoms with Crippen molar-refractivity contribution in [2.45, 2.75) is 6.54 Å². The Morgan fingerprint density at radius 2 is 1.92 bits per heavy atom. The third-order valence-corrected chi connectivity index (χ3v) is 4.55. The van der Waals surface area contributed by atoms with Crippen molar-refractivity contribution in [2.75, 3.05) is 5.32 Å². The first-order valence-corrected chi connectivity index (χ1v) is 8.75. The average Bonchev–Trinajstić information content (AvgIpc) is 3.04. The number of hydrogen-bond donors (Lipinski definition) is 2. The molecule has 0 aliphatic carbocycles. The van der Waals surface area contributed by atoms with Crippen LogP contribution >= 0.6 is 34.5 Å². The Morgan fingerprint density at radius 3 is 2.71 bits per heavy atom. The second-order valence-electron chi connectivity index (χ2n) is 4.96. The van der Waals surface area contributed by atoms with Crippen LogP contribution in [0.3, 0.4) is 0 Å². The molecule has 0 atom stereocenters. The maximum Gasteiger partial charge on any atom is 0.321 e. The molecule has 3 aromatic rings. The number of rotatable bonds is 4. The van der Waals surface area contributed by atoms with Gasteiger partial charge in [0.05, 0.1) is 10.7 Å². The van der Waals surface area contributed by atoms with Crippen LogP contribution < -0.4 is 10.6 Å². The fourth-order valence-corrected chi connectivity index (χ4v) is 3.16. The van der Waals surface area contributed by atoms with Crippen LogP contribution in [0.1, 0.15) is 5.56 Å². The summed E-state index contributed by atoms with van der Waals surface area (Å²) in [4.78, 5) is 16.3. The van der Waals surface area contributed by atoms with Crippen molar-refractivity contribution in [3.05, 3.63) is 69.5 Å². The highest BCUT2D eigenvalue weighted by molar-refractivity contribution is 7.14. The van der Waals surface area contributed by atoms with E-state index in [2.05, 4.69) is 15.6 Å². The largest absolute Gasteiger partial charge is 0.334 e. The van der Waals surface area contributed by atoms with E-state index in [-0.39, 0.29) is 6.03 Å². The summed E-state index contributed by atoms with van der Waals surface area (Å²) in [5.41, 5.74) is 2.43. The molecule has 2 N–H and O–H groups in total. The Bertz CT molecular complexity index is 852. The number of nitrogens with zero attached hydrogens (tertiary/aromatic N) is 1. The molecule has 4 nitrogen and oxygen atoms in total. The predicted octanol–water partition coefficient (Wildman–Crippen LogP) is 5.44. The molecular formula is C17H13Cl2N3OS. The molecule has 24 heavy (non-hydrogen) atoms. The van der Waals surface area contributed by atoms with Crippen LogP contribution in [0.25, 0.3) is 11.3 Å². The van der Waals surface area contributed by atoms with E-state index in [0.29, 0.717) is 27.4 Å². The van der Waals surface area contributed by atoms with Crippen molar-refractivity contribution in [2.24, 2.45) is 0 Å². The van der Waals surface area contributed by atoms with Crippen LogP contribution in [0, 0.1) is 0 Å². The van der Waals surface area contributed by atoms with Gasteiger partial charge in [0.15, 0.2) is 5.13 Å². The molecule has 0 spiro atoms. The third kappa shape index (κ3) is 4.26. The maximum absolute atomic E-state index is 11.9. The van der Waals surface area contributed by atoms with Gasteiger partial charge >= 0.3 is 6.03 Å². The van der Waals surface area contributed by atoms with E-state index >= 15 is 0 Å². The van der Waals surface area contributed by atoms with Crippen molar-refractivity contribution in [3.63, 3.8) is 0 Å². The first-order chi connectivity index (χ1) is 11.6. The van der Waals surface area contributed by atoms with Gasteiger partial charge in [-0.15, -0.1) is 11.3 Å². The van der Waals surface area contributed by atoms with Crippen LogP contribution in [0.4, 0.5) is 9.93 Å². The summed E-state index contributed by atoms with van der Waals surface area (Å²) in [6.45, 7) is 0.449. The second kappa shape index (κ2) is 7.66. The van der Waals surface area contributed by atoms with Gasteiger partial charge in [-0.2, -0.15) is 0 Å². The number of halogens is 2. The number of aromatic nitrogens is 1. The lowest BCUT2D eigenvalue weighted by molar-refractivity contribution is 0.251. The molecule has 0 aliphatic rings. The topological polar surface area (TPSA) is 54.0 Å². The zero-order chi connectivity index (χ0) is 16.9. The minimum absolute atomic E-state index is 0.308. The number of hydrogen-bond acceptors (Lipinski definition) is 3. The van der Waals surface area contributed by atoms with Gasteiger partial charge in [0, 0.05) is 22.5 Å². The van der Waals surface area contributed by atoms with E-state index in [9.17, 15) is 4.79 Å². The van der Waals surface area contributed by atoms with Gasteiger partial charge in [-0.3, -0.25) is 5.32 Å². The van der Waals surface area contributed by atoms with E-state index in [1.54, 1.807) is 18.2 Å². The number of anilines is 1. The van der Waals surface area contributed by atoms with Crippen molar-refractivity contribution in [3.8, 4) is 11.3 Å². The highest BCUT2D eigenvalue weighted by atomic mass is 35.5. The summed E-state index contributed by atoms with van der Waals surface area (Å²) in [6, 6.07) is 14.6. The average molecular weight is 378 g/mol. The lowest BCUT2D eigenvalue weighted by atomic mass is 10.2. The lowest BCUT2D eigenvalue weighted by Crippen LogP contribution is -2.28. The monoisotopic (exact) mass is 377 g/mol. The predicted molar refractivity (Wildman–Crippen MR) is 99.9 cm³/mol. The highest BCUT2D eigenvalue weighted by Gasteiger charge is 2.11. The number of nitrogens with one attached hydrogen (secondary N) is 2. The number of carbonyl (C=O) groups excluding carboxylic acids is 1. The molecule has 1 heterocycles. The zero-order valence-electron chi connectivity index (χ0n) is 12.4. The maximum atomic E-state index is 11.9. The Balaban J connectivity index is 1.63. The van der Waals surface area contributed by atoms with Gasteiger partial charge in [0.25, 0.3) is 0 Å². The molecule has 0 fully saturated rings. The van der Waals surface area contributed by atoms with E-state index in [1.807, 2.05) is 35.7 Å². The molecule has 2 amide bonds. The molecule has 0 aliphatic heterocycles. The molecule has 0 radical (unpaired) electrons. The zero-order valence-corrected chi connectivity index (χ0v) is 14.8. The van der Waals surface area contributed by atoms with Gasteiger partial charge in [0.2, 0.25) is 0 Å². The number of urea groups is 1. The van der Waals surface area contributed by atoms with Crippen LogP contribution in [0.2, 0.25) is 10.0 Å². The van der Waals surface area contributed by atoms with Gasteiger partial charge in [0.1, 0.15) is 0 Å². The molecule has 3 rings (SSSR count). The molecule has 1 aromatic heterocycles. The van der Waals surface area contributed by atoms with Gasteiger partial charge in [-0.25, -0.2) is 9.78 Å². The number of carbonyl (C=O) groups is 1. The number of amides is 2. The van der Waals surface area contributed by atoms with E-state index < -0.39 is 0 Å². The second-order valence-corrected chi connectivity index (χ2v) is 6.66. The van der Waals surface area contributed by atoms with Crippen molar-refractivity contribution < 1.29 is 4.79 Å². The van der Waals surface area contributed by atoms with Gasteiger partial charge in [-0.1, -0.05) is 53.5 Å². The Morgan fingerprint density at radius 1 is 1.12 bits per heavy atom. The molecule has 0 saturated carbocycles. The molecular weight excluding hydrogens is 365 g/mol. The van der Waals surface area contributed by atoms with Crippen molar-refractivity contribution in [1.82, 2.24) is 10.3 Å². The van der Waals surface area contributed by atoms with Crippen LogP contribution in [-0.4, -0.2) is 11.0 Å². The van der Waals surface area contributed by atoms with Crippen LogP contribution in [-0.2, 0) is 6.54 Å². The quantitative estimate of drug-likeness (QED) is 0.635. The lowest BCUT2D eigenvalue weighted by Gasteiger charge is -2.05. The normalized spacial score (nSPS) is 10.4. The van der Waals surface area contributed by atoms with Gasteiger partial charge < -0.3 is 5.32 Å². The van der Waals surface area contributed by atoms with Crippen molar-refractivity contribution in [1.29, 1.82) is 0 Å². The molecule has 0 bridgehead atoms. The van der Waals surface area contributed by atoms with Crippen molar-refractivity contribution >= 4 is 45.7 Å². The fourth-order valence-electron chi connectivity index (χ4n) is 2.07. The first-order valence-electron chi connectivity index (χ1n) is 7.11. The number of benzene rings is 2. The summed E-state index contributed by atoms with van der Waals surface area (Å²) >= 11 is 13.5. The Labute approximate surface area is 153 Å². The minimum atomic E-state index is -0.308. The summed E-state index contributed by atoms with van der Waals surface area (Å²) in [6.07, 6.45) is 0. The fraction of sp³-hybridized carbons (Fsp3) is 0.0588. The third-order valence-electron chi connectivity index (χ3n) is 3.22. The summed E-state index contributed by atoms with van der Waals surface area (Å²) < 4.78 is 0. The standard InChI is InChI=1S/C17H13Cl2N3OS/c18-12-6-7-14(19)13(8-12)15-10-24-17(21-15)22-16(23)20-9-11-4-2-1-3-5-11/h1-8,10H,9H2,(H2,20,21,22,23). The molecule has 7 heteroatoms. The highest BCUT2D eigenvalue weighted by Crippen LogP contribution is 2.32. The summed E-state index contributed by atoms with van der Waals surface area (Å²) in [5, 5.41) is 8.96. The van der Waals surface area contributed by atoms with Crippen LogP contribution in [0.15, 0.2) is 53.9 Å². The van der Waals surface area contributed by atoms with Gasteiger partial charge in [-0.05, 0) is 23.8 Å². The Kier molecular flexibility index (Phi) is 5.35. The molecule has 0 saturated heterocycles. The minimum Gasteiger partial charge on any atom is -0.334 e. The Hall–Kier alpha value is -2.08.